The number of fused-ring (bicyclic) bond motifs is 1. The number of nitrogens with zero attached hydrogens (tertiary/aromatic N) is 2. The molecule has 2 aromatic carbocycles. The summed E-state index contributed by atoms with van der Waals surface area (Å²) in [6, 6.07) is 17.3. The van der Waals surface area contributed by atoms with Crippen LogP contribution in [0.25, 0.3) is 0 Å². The van der Waals surface area contributed by atoms with Gasteiger partial charge in [0.05, 0.1) is 36.9 Å². The zero-order valence-electron chi connectivity index (χ0n) is 17.2. The second-order valence-electron chi connectivity index (χ2n) is 7.37. The summed E-state index contributed by atoms with van der Waals surface area (Å²) in [6.07, 6.45) is 1.74. The SMILES string of the molecule is COc1ccc([C@H](C)NC(=O)C[C@H]2c3ncccc3C(=O)N2c2ccc(Cl)cc2)cc1. The van der Waals surface area contributed by atoms with Crippen molar-refractivity contribution in [3.05, 3.63) is 88.7 Å². The van der Waals surface area contributed by atoms with Crippen molar-refractivity contribution in [2.75, 3.05) is 12.0 Å². The number of pyridine rings is 1. The quantitative estimate of drug-likeness (QED) is 0.608. The normalized spacial score (nSPS) is 16.0. The Morgan fingerprint density at radius 2 is 1.87 bits per heavy atom. The summed E-state index contributed by atoms with van der Waals surface area (Å²) < 4.78 is 5.18. The van der Waals surface area contributed by atoms with Gasteiger partial charge in [0.15, 0.2) is 0 Å². The maximum Gasteiger partial charge on any atom is 0.260 e. The van der Waals surface area contributed by atoms with E-state index in [2.05, 4.69) is 10.3 Å². The van der Waals surface area contributed by atoms with Crippen LogP contribution in [-0.4, -0.2) is 23.9 Å². The number of benzene rings is 2. The molecule has 0 aliphatic carbocycles. The fourth-order valence-corrected chi connectivity index (χ4v) is 3.92. The van der Waals surface area contributed by atoms with Gasteiger partial charge in [-0.3, -0.25) is 19.5 Å². The number of halogens is 1. The number of hydrogen-bond acceptors (Lipinski definition) is 4. The Morgan fingerprint density at radius 3 is 2.55 bits per heavy atom. The summed E-state index contributed by atoms with van der Waals surface area (Å²) in [5, 5.41) is 3.60. The highest BCUT2D eigenvalue weighted by molar-refractivity contribution is 6.30. The Bertz CT molecular complexity index is 1100. The van der Waals surface area contributed by atoms with Gasteiger partial charge in [0.1, 0.15) is 5.75 Å². The summed E-state index contributed by atoms with van der Waals surface area (Å²) in [5.74, 6) is 0.415. The van der Waals surface area contributed by atoms with Crippen LogP contribution in [0, 0.1) is 0 Å². The second-order valence-corrected chi connectivity index (χ2v) is 7.81. The summed E-state index contributed by atoms with van der Waals surface area (Å²) in [7, 11) is 1.61. The van der Waals surface area contributed by atoms with Crippen LogP contribution in [0.5, 0.6) is 5.75 Å². The predicted molar refractivity (Wildman–Crippen MR) is 119 cm³/mol. The van der Waals surface area contributed by atoms with Crippen LogP contribution in [-0.2, 0) is 4.79 Å². The van der Waals surface area contributed by atoms with Gasteiger partial charge >= 0.3 is 0 Å². The molecule has 31 heavy (non-hydrogen) atoms. The number of anilines is 1. The molecule has 158 valence electrons. The molecular formula is C24H22ClN3O3. The minimum Gasteiger partial charge on any atom is -0.497 e. The van der Waals surface area contributed by atoms with E-state index in [9.17, 15) is 9.59 Å². The fourth-order valence-electron chi connectivity index (χ4n) is 3.80. The van der Waals surface area contributed by atoms with Crippen molar-refractivity contribution in [3.63, 3.8) is 0 Å². The van der Waals surface area contributed by atoms with Crippen LogP contribution in [0.15, 0.2) is 66.9 Å². The minimum atomic E-state index is -0.493. The zero-order chi connectivity index (χ0) is 22.0. The Hall–Kier alpha value is -3.38. The lowest BCUT2D eigenvalue weighted by molar-refractivity contribution is -0.122. The number of rotatable bonds is 6. The lowest BCUT2D eigenvalue weighted by Crippen LogP contribution is -2.34. The van der Waals surface area contributed by atoms with E-state index in [0.717, 1.165) is 11.3 Å². The highest BCUT2D eigenvalue weighted by Crippen LogP contribution is 2.38. The van der Waals surface area contributed by atoms with E-state index in [1.54, 1.807) is 54.6 Å². The maximum absolute atomic E-state index is 13.1. The van der Waals surface area contributed by atoms with Crippen LogP contribution in [0.4, 0.5) is 5.69 Å². The number of methoxy groups -OCH3 is 1. The Labute approximate surface area is 185 Å². The standard InChI is InChI=1S/C24H22ClN3O3/c1-15(16-5-11-19(31-2)12-6-16)27-22(29)14-21-23-20(4-3-13-26-23)24(30)28(21)18-9-7-17(25)8-10-18/h3-13,15,21H,14H2,1-2H3,(H,27,29)/t15-,21-/m0/s1. The Morgan fingerprint density at radius 1 is 1.16 bits per heavy atom. The molecule has 1 aliphatic heterocycles. The molecule has 7 heteroatoms. The third-order valence-electron chi connectivity index (χ3n) is 5.39. The highest BCUT2D eigenvalue weighted by Gasteiger charge is 2.40. The predicted octanol–water partition coefficient (Wildman–Crippen LogP) is 4.71. The first-order chi connectivity index (χ1) is 15.0. The number of amides is 2. The molecular weight excluding hydrogens is 414 g/mol. The van der Waals surface area contributed by atoms with Crippen LogP contribution < -0.4 is 15.0 Å². The zero-order valence-corrected chi connectivity index (χ0v) is 18.0. The van der Waals surface area contributed by atoms with Gasteiger partial charge < -0.3 is 10.1 Å². The molecule has 0 spiro atoms. The number of ether oxygens (including phenoxy) is 1. The van der Waals surface area contributed by atoms with Gasteiger partial charge in [-0.1, -0.05) is 23.7 Å². The van der Waals surface area contributed by atoms with Gasteiger partial charge in [0.25, 0.3) is 5.91 Å². The molecule has 2 amide bonds. The molecule has 1 aliphatic rings. The highest BCUT2D eigenvalue weighted by atomic mass is 35.5. The van der Waals surface area contributed by atoms with E-state index in [1.165, 1.54) is 0 Å². The van der Waals surface area contributed by atoms with E-state index < -0.39 is 6.04 Å². The molecule has 0 bridgehead atoms. The van der Waals surface area contributed by atoms with Crippen molar-refractivity contribution in [2.45, 2.75) is 25.4 Å². The van der Waals surface area contributed by atoms with Gasteiger partial charge in [0, 0.05) is 16.9 Å². The number of nitrogens with one attached hydrogen (secondary N) is 1. The Balaban J connectivity index is 1.55. The maximum atomic E-state index is 13.1. The molecule has 2 heterocycles. The molecule has 1 aromatic heterocycles. The first-order valence-electron chi connectivity index (χ1n) is 9.95. The van der Waals surface area contributed by atoms with Crippen molar-refractivity contribution >= 4 is 29.1 Å². The summed E-state index contributed by atoms with van der Waals surface area (Å²) >= 11 is 6.01. The number of carbonyl (C=O) groups excluding carboxylic acids is 2. The molecule has 2 atom stereocenters. The van der Waals surface area contributed by atoms with Gasteiger partial charge in [-0.2, -0.15) is 0 Å². The summed E-state index contributed by atoms with van der Waals surface area (Å²) in [5.41, 5.74) is 2.76. The molecule has 0 fully saturated rings. The average Bonchev–Trinajstić information content (AvgIpc) is 3.06. The van der Waals surface area contributed by atoms with E-state index in [4.69, 9.17) is 16.3 Å². The average molecular weight is 436 g/mol. The second kappa shape index (κ2) is 8.78. The summed E-state index contributed by atoms with van der Waals surface area (Å²) in [4.78, 5) is 32.0. The van der Waals surface area contributed by atoms with Crippen molar-refractivity contribution < 1.29 is 14.3 Å². The van der Waals surface area contributed by atoms with Gasteiger partial charge in [-0.25, -0.2) is 0 Å². The number of aromatic nitrogens is 1. The lowest BCUT2D eigenvalue weighted by atomic mass is 10.1. The monoisotopic (exact) mass is 435 g/mol. The van der Waals surface area contributed by atoms with E-state index in [1.807, 2.05) is 31.2 Å². The van der Waals surface area contributed by atoms with Crippen molar-refractivity contribution in [2.24, 2.45) is 0 Å². The van der Waals surface area contributed by atoms with Crippen LogP contribution >= 0.6 is 11.6 Å². The van der Waals surface area contributed by atoms with Crippen LogP contribution in [0.2, 0.25) is 5.02 Å². The molecule has 0 radical (unpaired) electrons. The van der Waals surface area contributed by atoms with Crippen molar-refractivity contribution in [1.82, 2.24) is 10.3 Å². The molecule has 6 nitrogen and oxygen atoms in total. The molecule has 4 rings (SSSR count). The third kappa shape index (κ3) is 4.25. The largest absolute Gasteiger partial charge is 0.497 e. The first-order valence-corrected chi connectivity index (χ1v) is 10.3. The van der Waals surface area contributed by atoms with E-state index in [-0.39, 0.29) is 24.3 Å². The number of hydrogen-bond donors (Lipinski definition) is 1. The third-order valence-corrected chi connectivity index (χ3v) is 5.64. The molecule has 1 N–H and O–H groups in total. The van der Waals surface area contributed by atoms with Crippen molar-refractivity contribution in [3.8, 4) is 5.75 Å². The van der Waals surface area contributed by atoms with Gasteiger partial charge in [0.2, 0.25) is 5.91 Å². The van der Waals surface area contributed by atoms with Crippen LogP contribution in [0.3, 0.4) is 0 Å². The number of carbonyl (C=O) groups is 2. The van der Waals surface area contributed by atoms with E-state index >= 15 is 0 Å². The first kappa shape index (κ1) is 20.9. The topological polar surface area (TPSA) is 71.5 Å². The van der Waals surface area contributed by atoms with Gasteiger partial charge in [-0.15, -0.1) is 0 Å². The summed E-state index contributed by atoms with van der Waals surface area (Å²) in [6.45, 7) is 1.92. The van der Waals surface area contributed by atoms with Gasteiger partial charge in [-0.05, 0) is 61.0 Å². The Kier molecular flexibility index (Phi) is 5.91. The smallest absolute Gasteiger partial charge is 0.260 e. The minimum absolute atomic E-state index is 0.0961. The lowest BCUT2D eigenvalue weighted by Gasteiger charge is -2.25. The van der Waals surface area contributed by atoms with Crippen molar-refractivity contribution in [1.29, 1.82) is 0 Å². The molecule has 3 aromatic rings. The molecule has 0 saturated carbocycles. The molecule has 0 saturated heterocycles. The fraction of sp³-hybridized carbons (Fsp3) is 0.208. The molecule has 0 unspecified atom stereocenters. The van der Waals surface area contributed by atoms with E-state index in [0.29, 0.717) is 22.0 Å². The van der Waals surface area contributed by atoms with Crippen LogP contribution in [0.1, 0.15) is 47.0 Å².